The van der Waals surface area contributed by atoms with Crippen LogP contribution in [-0.4, -0.2) is 17.6 Å². The Morgan fingerprint density at radius 2 is 2.35 bits per heavy atom. The van der Waals surface area contributed by atoms with Crippen molar-refractivity contribution in [1.29, 1.82) is 0 Å². The number of aromatic nitrogens is 1. The van der Waals surface area contributed by atoms with Crippen LogP contribution in [0.1, 0.15) is 19.0 Å². The van der Waals surface area contributed by atoms with Crippen molar-refractivity contribution in [2.45, 2.75) is 19.8 Å². The van der Waals surface area contributed by atoms with Crippen molar-refractivity contribution in [2.24, 2.45) is 0 Å². The quantitative estimate of drug-likeness (QED) is 0.780. The molecular formula is C12H13NO2S2. The average Bonchev–Trinajstić information content (AvgIpc) is 2.95. The maximum atomic E-state index is 11.4. The third-order valence-electron chi connectivity index (χ3n) is 2.11. The van der Waals surface area contributed by atoms with Crippen LogP contribution in [0.2, 0.25) is 0 Å². The van der Waals surface area contributed by atoms with Crippen molar-refractivity contribution in [3.8, 4) is 10.6 Å². The van der Waals surface area contributed by atoms with Gasteiger partial charge in [0.25, 0.3) is 0 Å². The summed E-state index contributed by atoms with van der Waals surface area (Å²) in [5.41, 5.74) is 1.91. The van der Waals surface area contributed by atoms with Crippen molar-refractivity contribution in [1.82, 2.24) is 4.98 Å². The fourth-order valence-electron chi connectivity index (χ4n) is 1.32. The lowest BCUT2D eigenvalue weighted by Gasteiger charge is -2.00. The molecule has 0 aliphatic heterocycles. The molecule has 0 bridgehead atoms. The molecule has 17 heavy (non-hydrogen) atoms. The molecule has 0 aliphatic carbocycles. The van der Waals surface area contributed by atoms with Crippen LogP contribution in [0.15, 0.2) is 22.2 Å². The number of nitrogens with zero attached hydrogens (tertiary/aromatic N) is 1. The molecule has 0 saturated carbocycles. The summed E-state index contributed by atoms with van der Waals surface area (Å²) in [6, 6.07) is 2.03. The molecule has 0 aromatic carbocycles. The third kappa shape index (κ3) is 3.38. The molecule has 2 heterocycles. The molecular weight excluding hydrogens is 254 g/mol. The highest BCUT2D eigenvalue weighted by Crippen LogP contribution is 2.25. The number of rotatable bonds is 5. The smallest absolute Gasteiger partial charge is 0.311 e. The molecule has 5 heteroatoms. The Labute approximate surface area is 108 Å². The van der Waals surface area contributed by atoms with Gasteiger partial charge in [-0.05, 0) is 17.9 Å². The van der Waals surface area contributed by atoms with E-state index in [9.17, 15) is 4.79 Å². The van der Waals surface area contributed by atoms with E-state index in [1.807, 2.05) is 23.8 Å². The van der Waals surface area contributed by atoms with Crippen LogP contribution in [0, 0.1) is 0 Å². The van der Waals surface area contributed by atoms with Gasteiger partial charge in [-0.3, -0.25) is 4.79 Å². The van der Waals surface area contributed by atoms with E-state index >= 15 is 0 Å². The summed E-state index contributed by atoms with van der Waals surface area (Å²) in [6.07, 6.45) is 1.11. The number of thiophene rings is 1. The van der Waals surface area contributed by atoms with Crippen LogP contribution in [0.25, 0.3) is 10.6 Å². The van der Waals surface area contributed by atoms with E-state index in [0.717, 1.165) is 22.7 Å². The van der Waals surface area contributed by atoms with Crippen molar-refractivity contribution in [3.63, 3.8) is 0 Å². The minimum atomic E-state index is -0.200. The summed E-state index contributed by atoms with van der Waals surface area (Å²) < 4.78 is 5.02. The van der Waals surface area contributed by atoms with Gasteiger partial charge in [0, 0.05) is 16.3 Å². The monoisotopic (exact) mass is 267 g/mol. The fraction of sp³-hybridized carbons (Fsp3) is 0.333. The Balaban J connectivity index is 1.97. The fourth-order valence-corrected chi connectivity index (χ4v) is 2.85. The average molecular weight is 267 g/mol. The summed E-state index contributed by atoms with van der Waals surface area (Å²) in [5, 5.41) is 6.95. The maximum absolute atomic E-state index is 11.4. The van der Waals surface area contributed by atoms with Gasteiger partial charge in [-0.25, -0.2) is 4.98 Å². The third-order valence-corrected chi connectivity index (χ3v) is 3.74. The predicted octanol–water partition coefficient (Wildman–Crippen LogP) is 3.37. The van der Waals surface area contributed by atoms with E-state index in [1.54, 1.807) is 22.7 Å². The van der Waals surface area contributed by atoms with Crippen molar-refractivity contribution >= 4 is 28.6 Å². The van der Waals surface area contributed by atoms with Crippen LogP contribution in [0.3, 0.4) is 0 Å². The van der Waals surface area contributed by atoms with E-state index in [4.69, 9.17) is 4.74 Å². The van der Waals surface area contributed by atoms with Crippen LogP contribution >= 0.6 is 22.7 Å². The lowest BCUT2D eigenvalue weighted by atomic mass is 10.3. The van der Waals surface area contributed by atoms with Crippen molar-refractivity contribution in [3.05, 3.63) is 27.9 Å². The van der Waals surface area contributed by atoms with Gasteiger partial charge in [-0.1, -0.05) is 6.92 Å². The van der Waals surface area contributed by atoms with Crippen LogP contribution in [0.5, 0.6) is 0 Å². The van der Waals surface area contributed by atoms with Gasteiger partial charge in [0.05, 0.1) is 18.7 Å². The van der Waals surface area contributed by atoms with Crippen molar-refractivity contribution < 1.29 is 9.53 Å². The number of thiazole rings is 1. The van der Waals surface area contributed by atoms with E-state index < -0.39 is 0 Å². The number of esters is 1. The first-order chi connectivity index (χ1) is 8.29. The van der Waals surface area contributed by atoms with Crippen LogP contribution in [-0.2, 0) is 16.0 Å². The molecule has 90 valence electrons. The van der Waals surface area contributed by atoms with Gasteiger partial charge in [0.15, 0.2) is 0 Å². The molecule has 2 aromatic heterocycles. The Morgan fingerprint density at radius 3 is 3.06 bits per heavy atom. The molecule has 0 spiro atoms. The van der Waals surface area contributed by atoms with Gasteiger partial charge < -0.3 is 4.74 Å². The predicted molar refractivity (Wildman–Crippen MR) is 70.4 cm³/mol. The first-order valence-corrected chi connectivity index (χ1v) is 7.24. The first kappa shape index (κ1) is 12.3. The molecule has 0 fully saturated rings. The molecule has 0 saturated heterocycles. The van der Waals surface area contributed by atoms with Gasteiger partial charge in [0.2, 0.25) is 0 Å². The standard InChI is InChI=1S/C12H13NO2S2/c1-2-4-15-11(14)6-10-8-17-12(13-10)9-3-5-16-7-9/h3,5,7-8H,2,4,6H2,1H3. The highest BCUT2D eigenvalue weighted by Gasteiger charge is 2.09. The molecule has 3 nitrogen and oxygen atoms in total. The second kappa shape index (κ2) is 5.93. The largest absolute Gasteiger partial charge is 0.465 e. The van der Waals surface area contributed by atoms with Crippen molar-refractivity contribution in [2.75, 3.05) is 6.61 Å². The topological polar surface area (TPSA) is 39.2 Å². The van der Waals surface area contributed by atoms with Gasteiger partial charge in [0.1, 0.15) is 5.01 Å². The summed E-state index contributed by atoms with van der Waals surface area (Å²) >= 11 is 3.20. The van der Waals surface area contributed by atoms with Gasteiger partial charge in [-0.15, -0.1) is 11.3 Å². The minimum Gasteiger partial charge on any atom is -0.465 e. The summed E-state index contributed by atoms with van der Waals surface area (Å²) in [5.74, 6) is -0.200. The Hall–Kier alpha value is -1.20. The van der Waals surface area contributed by atoms with E-state index in [2.05, 4.69) is 10.4 Å². The number of carbonyl (C=O) groups excluding carboxylic acids is 1. The molecule has 0 aliphatic rings. The molecule has 0 amide bonds. The minimum absolute atomic E-state index is 0.200. The first-order valence-electron chi connectivity index (χ1n) is 5.42. The van der Waals surface area contributed by atoms with Crippen LogP contribution in [0.4, 0.5) is 0 Å². The normalized spacial score (nSPS) is 10.4. The zero-order chi connectivity index (χ0) is 12.1. The lowest BCUT2D eigenvalue weighted by Crippen LogP contribution is -2.08. The summed E-state index contributed by atoms with van der Waals surface area (Å²) in [4.78, 5) is 15.8. The molecule has 0 unspecified atom stereocenters. The summed E-state index contributed by atoms with van der Waals surface area (Å²) in [6.45, 7) is 2.46. The number of hydrogen-bond donors (Lipinski definition) is 0. The zero-order valence-electron chi connectivity index (χ0n) is 9.51. The summed E-state index contributed by atoms with van der Waals surface area (Å²) in [7, 11) is 0. The van der Waals surface area contributed by atoms with E-state index in [0.29, 0.717) is 6.61 Å². The second-order valence-corrected chi connectivity index (χ2v) is 5.19. The number of ether oxygens (including phenoxy) is 1. The number of carbonyl (C=O) groups is 1. The number of hydrogen-bond acceptors (Lipinski definition) is 5. The molecule has 0 atom stereocenters. The lowest BCUT2D eigenvalue weighted by molar-refractivity contribution is -0.142. The maximum Gasteiger partial charge on any atom is 0.311 e. The Morgan fingerprint density at radius 1 is 1.47 bits per heavy atom. The highest BCUT2D eigenvalue weighted by molar-refractivity contribution is 7.14. The highest BCUT2D eigenvalue weighted by atomic mass is 32.1. The van der Waals surface area contributed by atoms with Crippen LogP contribution < -0.4 is 0 Å². The molecule has 0 N–H and O–H groups in total. The second-order valence-electron chi connectivity index (χ2n) is 3.55. The molecule has 0 radical (unpaired) electrons. The SMILES string of the molecule is CCCOC(=O)Cc1csc(-c2ccsc2)n1. The Bertz CT molecular complexity index is 476. The van der Waals surface area contributed by atoms with Gasteiger partial charge >= 0.3 is 5.97 Å². The van der Waals surface area contributed by atoms with E-state index in [1.165, 1.54) is 0 Å². The van der Waals surface area contributed by atoms with Gasteiger partial charge in [-0.2, -0.15) is 11.3 Å². The zero-order valence-corrected chi connectivity index (χ0v) is 11.1. The Kier molecular flexibility index (Phi) is 4.28. The van der Waals surface area contributed by atoms with E-state index in [-0.39, 0.29) is 12.4 Å². The molecule has 2 aromatic rings. The molecule has 2 rings (SSSR count).